The number of nitrogens with zero attached hydrogens (tertiary/aromatic N) is 1. The van der Waals surface area contributed by atoms with Gasteiger partial charge in [0.25, 0.3) is 0 Å². The van der Waals surface area contributed by atoms with Gasteiger partial charge in [-0.15, -0.1) is 0 Å². The highest BCUT2D eigenvalue weighted by Crippen LogP contribution is 2.16. The summed E-state index contributed by atoms with van der Waals surface area (Å²) >= 11 is 5.72. The predicted octanol–water partition coefficient (Wildman–Crippen LogP) is 3.12. The third kappa shape index (κ3) is 4.03. The Morgan fingerprint density at radius 3 is 2.53 bits per heavy atom. The Hall–Kier alpha value is -1.42. The number of aliphatic hydroxyl groups is 1. The van der Waals surface area contributed by atoms with Crippen LogP contribution in [-0.4, -0.2) is 16.6 Å². The molecule has 0 aliphatic heterocycles. The standard InChI is InChI=1S/C15H17ClN2O/c1-11(12-5-3-2-4-6-12)17-10-14(19)13-7-8-15(16)18-9-13/h2-9,11,14,17,19H,10H2,1H3/t11-,14+/m0/s1. The zero-order valence-electron chi connectivity index (χ0n) is 10.8. The first kappa shape index (κ1) is 14.0. The van der Waals surface area contributed by atoms with Crippen LogP contribution in [0.4, 0.5) is 0 Å². The van der Waals surface area contributed by atoms with Gasteiger partial charge in [-0.2, -0.15) is 0 Å². The SMILES string of the molecule is C[C@H](NC[C@@H](O)c1ccc(Cl)nc1)c1ccccc1. The number of hydrogen-bond acceptors (Lipinski definition) is 3. The summed E-state index contributed by atoms with van der Waals surface area (Å²) in [7, 11) is 0. The Kier molecular flexibility index (Phi) is 4.91. The van der Waals surface area contributed by atoms with Crippen LogP contribution in [0.3, 0.4) is 0 Å². The van der Waals surface area contributed by atoms with Gasteiger partial charge in [0.2, 0.25) is 0 Å². The second kappa shape index (κ2) is 6.66. The Bertz CT molecular complexity index is 501. The molecular formula is C15H17ClN2O. The molecule has 0 unspecified atom stereocenters. The number of rotatable bonds is 5. The van der Waals surface area contributed by atoms with E-state index in [2.05, 4.69) is 29.4 Å². The molecule has 1 aromatic carbocycles. The van der Waals surface area contributed by atoms with Crippen LogP contribution in [0, 0.1) is 0 Å². The van der Waals surface area contributed by atoms with E-state index in [0.29, 0.717) is 11.7 Å². The minimum absolute atomic E-state index is 0.191. The normalized spacial score (nSPS) is 14.1. The summed E-state index contributed by atoms with van der Waals surface area (Å²) in [6, 6.07) is 13.8. The molecule has 0 aliphatic carbocycles. The number of nitrogens with one attached hydrogen (secondary N) is 1. The molecule has 2 N–H and O–H groups in total. The fourth-order valence-corrected chi connectivity index (χ4v) is 1.96. The summed E-state index contributed by atoms with van der Waals surface area (Å²) in [5, 5.41) is 13.8. The number of halogens is 1. The molecule has 3 nitrogen and oxygen atoms in total. The van der Waals surface area contributed by atoms with Crippen molar-refractivity contribution in [3.63, 3.8) is 0 Å². The van der Waals surface area contributed by atoms with E-state index in [1.165, 1.54) is 5.56 Å². The van der Waals surface area contributed by atoms with E-state index in [1.807, 2.05) is 18.2 Å². The molecule has 100 valence electrons. The number of pyridine rings is 1. The molecular weight excluding hydrogens is 260 g/mol. The highest BCUT2D eigenvalue weighted by atomic mass is 35.5. The van der Waals surface area contributed by atoms with Gasteiger partial charge in [0.1, 0.15) is 5.15 Å². The lowest BCUT2D eigenvalue weighted by molar-refractivity contribution is 0.170. The van der Waals surface area contributed by atoms with Gasteiger partial charge in [0, 0.05) is 24.3 Å². The molecule has 2 aromatic rings. The number of aromatic nitrogens is 1. The van der Waals surface area contributed by atoms with Crippen LogP contribution in [0.15, 0.2) is 48.7 Å². The van der Waals surface area contributed by atoms with E-state index in [0.717, 1.165) is 5.56 Å². The Morgan fingerprint density at radius 1 is 1.16 bits per heavy atom. The average molecular weight is 277 g/mol. The van der Waals surface area contributed by atoms with Crippen molar-refractivity contribution in [1.29, 1.82) is 0 Å². The van der Waals surface area contributed by atoms with Crippen molar-refractivity contribution in [2.45, 2.75) is 19.1 Å². The first-order chi connectivity index (χ1) is 9.16. The summed E-state index contributed by atoms with van der Waals surface area (Å²) in [6.45, 7) is 2.54. The molecule has 19 heavy (non-hydrogen) atoms. The molecule has 0 saturated heterocycles. The third-order valence-corrected chi connectivity index (χ3v) is 3.28. The Morgan fingerprint density at radius 2 is 1.89 bits per heavy atom. The van der Waals surface area contributed by atoms with Gasteiger partial charge in [-0.05, 0) is 18.6 Å². The number of hydrogen-bond donors (Lipinski definition) is 2. The van der Waals surface area contributed by atoms with Gasteiger partial charge < -0.3 is 10.4 Å². The molecule has 0 saturated carbocycles. The summed E-state index contributed by atoms with van der Waals surface area (Å²) in [5.41, 5.74) is 1.96. The topological polar surface area (TPSA) is 45.1 Å². The van der Waals surface area contributed by atoms with Gasteiger partial charge in [-0.25, -0.2) is 4.98 Å². The molecule has 0 aliphatic rings. The lowest BCUT2D eigenvalue weighted by Crippen LogP contribution is -2.24. The minimum Gasteiger partial charge on any atom is -0.387 e. The molecule has 1 aromatic heterocycles. The number of aliphatic hydroxyl groups excluding tert-OH is 1. The van der Waals surface area contributed by atoms with Crippen LogP contribution < -0.4 is 5.32 Å². The van der Waals surface area contributed by atoms with Gasteiger partial charge in [-0.3, -0.25) is 0 Å². The van der Waals surface area contributed by atoms with Gasteiger partial charge >= 0.3 is 0 Å². The summed E-state index contributed by atoms with van der Waals surface area (Å²) in [5.74, 6) is 0. The summed E-state index contributed by atoms with van der Waals surface area (Å²) in [6.07, 6.45) is 1.01. The van der Waals surface area contributed by atoms with Crippen molar-refractivity contribution in [1.82, 2.24) is 10.3 Å². The minimum atomic E-state index is -0.587. The first-order valence-electron chi connectivity index (χ1n) is 6.24. The van der Waals surface area contributed by atoms with Crippen molar-refractivity contribution in [3.05, 3.63) is 64.9 Å². The fourth-order valence-electron chi connectivity index (χ4n) is 1.85. The van der Waals surface area contributed by atoms with E-state index in [1.54, 1.807) is 18.3 Å². The second-order valence-electron chi connectivity index (χ2n) is 4.47. The van der Waals surface area contributed by atoms with E-state index in [4.69, 9.17) is 11.6 Å². The van der Waals surface area contributed by atoms with E-state index >= 15 is 0 Å². The maximum atomic E-state index is 10.1. The fraction of sp³-hybridized carbons (Fsp3) is 0.267. The molecule has 4 heteroatoms. The lowest BCUT2D eigenvalue weighted by atomic mass is 10.1. The molecule has 0 bridgehead atoms. The van der Waals surface area contributed by atoms with Crippen LogP contribution >= 0.6 is 11.6 Å². The molecule has 2 atom stereocenters. The van der Waals surface area contributed by atoms with Crippen LogP contribution in [0.1, 0.15) is 30.2 Å². The van der Waals surface area contributed by atoms with E-state index < -0.39 is 6.10 Å². The Labute approximate surface area is 118 Å². The largest absolute Gasteiger partial charge is 0.387 e. The van der Waals surface area contributed by atoms with Gasteiger partial charge in [-0.1, -0.05) is 48.0 Å². The molecule has 0 fully saturated rings. The molecule has 0 amide bonds. The summed E-state index contributed by atoms with van der Waals surface area (Å²) in [4.78, 5) is 3.96. The lowest BCUT2D eigenvalue weighted by Gasteiger charge is -2.17. The first-order valence-corrected chi connectivity index (χ1v) is 6.62. The van der Waals surface area contributed by atoms with Gasteiger partial charge in [0.05, 0.1) is 6.10 Å². The Balaban J connectivity index is 1.90. The van der Waals surface area contributed by atoms with Crippen molar-refractivity contribution in [2.75, 3.05) is 6.54 Å². The summed E-state index contributed by atoms with van der Waals surface area (Å²) < 4.78 is 0. The molecule has 2 rings (SSSR count). The van der Waals surface area contributed by atoms with Crippen molar-refractivity contribution in [3.8, 4) is 0 Å². The molecule has 1 heterocycles. The maximum Gasteiger partial charge on any atom is 0.129 e. The van der Waals surface area contributed by atoms with E-state index in [9.17, 15) is 5.11 Å². The number of benzene rings is 1. The van der Waals surface area contributed by atoms with Crippen LogP contribution in [0.5, 0.6) is 0 Å². The third-order valence-electron chi connectivity index (χ3n) is 3.05. The van der Waals surface area contributed by atoms with Gasteiger partial charge in [0.15, 0.2) is 0 Å². The zero-order chi connectivity index (χ0) is 13.7. The van der Waals surface area contributed by atoms with Crippen molar-refractivity contribution >= 4 is 11.6 Å². The average Bonchev–Trinajstić information content (AvgIpc) is 2.46. The van der Waals surface area contributed by atoms with E-state index in [-0.39, 0.29) is 6.04 Å². The monoisotopic (exact) mass is 276 g/mol. The quantitative estimate of drug-likeness (QED) is 0.825. The molecule has 0 spiro atoms. The highest BCUT2D eigenvalue weighted by Gasteiger charge is 2.10. The van der Waals surface area contributed by atoms with Crippen molar-refractivity contribution in [2.24, 2.45) is 0 Å². The molecule has 0 radical (unpaired) electrons. The van der Waals surface area contributed by atoms with Crippen LogP contribution in [0.2, 0.25) is 5.15 Å². The predicted molar refractivity (Wildman–Crippen MR) is 77.1 cm³/mol. The smallest absolute Gasteiger partial charge is 0.129 e. The second-order valence-corrected chi connectivity index (χ2v) is 4.86. The van der Waals surface area contributed by atoms with Crippen LogP contribution in [0.25, 0.3) is 0 Å². The maximum absolute atomic E-state index is 10.1. The van der Waals surface area contributed by atoms with Crippen molar-refractivity contribution < 1.29 is 5.11 Å². The van der Waals surface area contributed by atoms with Crippen LogP contribution in [-0.2, 0) is 0 Å². The zero-order valence-corrected chi connectivity index (χ0v) is 11.5. The highest BCUT2D eigenvalue weighted by molar-refractivity contribution is 6.29.